The Kier molecular flexibility index (Phi) is 8.28. The van der Waals surface area contributed by atoms with Crippen LogP contribution in [0.25, 0.3) is 0 Å². The van der Waals surface area contributed by atoms with Crippen LogP contribution in [-0.2, 0) is 9.53 Å². The van der Waals surface area contributed by atoms with Crippen molar-refractivity contribution in [2.24, 2.45) is 0 Å². The van der Waals surface area contributed by atoms with E-state index in [4.69, 9.17) is 4.74 Å². The molecule has 6 heteroatoms. The highest BCUT2D eigenvalue weighted by Crippen LogP contribution is 2.14. The molecule has 1 aromatic rings. The van der Waals surface area contributed by atoms with Gasteiger partial charge in [-0.25, -0.2) is 4.79 Å². The lowest BCUT2D eigenvalue weighted by atomic mass is 10.1. The predicted molar refractivity (Wildman–Crippen MR) is 99.2 cm³/mol. The standard InChI is InChI=1S/C18H28N2O3S/c1-13(14-9-7-6-8-10-14)19-15(11-12-24-5)16(21)20-17(22)23-18(2,3)4/h6-10,13,15,19H,11-12H2,1-5H3,(H,20,21,22)/t13-,15+/m1/s1. The summed E-state index contributed by atoms with van der Waals surface area (Å²) in [5, 5.41) is 5.63. The minimum Gasteiger partial charge on any atom is -0.444 e. The fourth-order valence-corrected chi connectivity index (χ4v) is 2.63. The number of benzene rings is 1. The van der Waals surface area contributed by atoms with E-state index in [1.54, 1.807) is 32.5 Å². The van der Waals surface area contributed by atoms with Gasteiger partial charge >= 0.3 is 6.09 Å². The van der Waals surface area contributed by atoms with E-state index in [-0.39, 0.29) is 11.9 Å². The monoisotopic (exact) mass is 352 g/mol. The molecule has 0 spiro atoms. The Morgan fingerprint density at radius 3 is 2.38 bits per heavy atom. The van der Waals surface area contributed by atoms with Crippen LogP contribution in [0, 0.1) is 0 Å². The molecule has 0 aliphatic carbocycles. The summed E-state index contributed by atoms with van der Waals surface area (Å²) in [6.45, 7) is 7.29. The van der Waals surface area contributed by atoms with E-state index in [2.05, 4.69) is 10.6 Å². The molecule has 0 radical (unpaired) electrons. The average Bonchev–Trinajstić information content (AvgIpc) is 2.49. The van der Waals surface area contributed by atoms with Crippen molar-refractivity contribution >= 4 is 23.8 Å². The molecule has 0 aliphatic rings. The molecular weight excluding hydrogens is 324 g/mol. The molecule has 0 saturated heterocycles. The second-order valence-corrected chi connectivity index (χ2v) is 7.61. The van der Waals surface area contributed by atoms with E-state index in [1.165, 1.54) is 0 Å². The van der Waals surface area contributed by atoms with Crippen molar-refractivity contribution in [1.29, 1.82) is 0 Å². The van der Waals surface area contributed by atoms with Gasteiger partial charge in [-0.05, 0) is 51.7 Å². The van der Waals surface area contributed by atoms with Crippen LogP contribution in [-0.4, -0.2) is 35.7 Å². The summed E-state index contributed by atoms with van der Waals surface area (Å²) in [6.07, 6.45) is 1.91. The molecule has 0 fully saturated rings. The molecule has 2 N–H and O–H groups in total. The topological polar surface area (TPSA) is 67.4 Å². The first kappa shape index (κ1) is 20.5. The molecule has 0 heterocycles. The first-order chi connectivity index (χ1) is 11.2. The smallest absolute Gasteiger partial charge is 0.414 e. The Morgan fingerprint density at radius 1 is 1.21 bits per heavy atom. The lowest BCUT2D eigenvalue weighted by molar-refractivity contribution is -0.123. The Hall–Kier alpha value is -1.53. The third kappa shape index (κ3) is 7.84. The number of carbonyl (C=O) groups is 2. The van der Waals surface area contributed by atoms with Crippen LogP contribution in [0.4, 0.5) is 4.79 Å². The highest BCUT2D eigenvalue weighted by Gasteiger charge is 2.24. The van der Waals surface area contributed by atoms with E-state index in [1.807, 2.05) is 43.5 Å². The van der Waals surface area contributed by atoms with Crippen molar-refractivity contribution in [2.75, 3.05) is 12.0 Å². The van der Waals surface area contributed by atoms with E-state index >= 15 is 0 Å². The largest absolute Gasteiger partial charge is 0.444 e. The molecule has 1 aromatic carbocycles. The number of carbonyl (C=O) groups excluding carboxylic acids is 2. The summed E-state index contributed by atoms with van der Waals surface area (Å²) < 4.78 is 5.15. The first-order valence-electron chi connectivity index (χ1n) is 8.06. The van der Waals surface area contributed by atoms with E-state index in [9.17, 15) is 9.59 Å². The number of hydrogen-bond acceptors (Lipinski definition) is 5. The normalized spacial score (nSPS) is 13.9. The first-order valence-corrected chi connectivity index (χ1v) is 9.46. The fraction of sp³-hybridized carbons (Fsp3) is 0.556. The Balaban J connectivity index is 2.69. The van der Waals surface area contributed by atoms with Crippen LogP contribution in [0.1, 0.15) is 45.7 Å². The fourth-order valence-electron chi connectivity index (χ4n) is 2.16. The molecule has 2 amide bonds. The van der Waals surface area contributed by atoms with Crippen molar-refractivity contribution in [3.05, 3.63) is 35.9 Å². The van der Waals surface area contributed by atoms with Gasteiger partial charge in [0.05, 0.1) is 6.04 Å². The van der Waals surface area contributed by atoms with Crippen molar-refractivity contribution in [3.8, 4) is 0 Å². The van der Waals surface area contributed by atoms with E-state index < -0.39 is 17.7 Å². The summed E-state index contributed by atoms with van der Waals surface area (Å²) >= 11 is 1.66. The lowest BCUT2D eigenvalue weighted by Crippen LogP contribution is -2.48. The highest BCUT2D eigenvalue weighted by molar-refractivity contribution is 7.98. The number of alkyl carbamates (subject to hydrolysis) is 1. The molecule has 0 aromatic heterocycles. The van der Waals surface area contributed by atoms with Crippen molar-refractivity contribution in [1.82, 2.24) is 10.6 Å². The average molecular weight is 353 g/mol. The summed E-state index contributed by atoms with van der Waals surface area (Å²) in [7, 11) is 0. The second-order valence-electron chi connectivity index (χ2n) is 6.62. The van der Waals surface area contributed by atoms with Crippen LogP contribution in [0.2, 0.25) is 0 Å². The van der Waals surface area contributed by atoms with Crippen LogP contribution in [0.3, 0.4) is 0 Å². The van der Waals surface area contributed by atoms with Crippen molar-refractivity contribution in [3.63, 3.8) is 0 Å². The third-order valence-electron chi connectivity index (χ3n) is 3.30. The van der Waals surface area contributed by atoms with Gasteiger partial charge in [0.15, 0.2) is 0 Å². The van der Waals surface area contributed by atoms with Gasteiger partial charge < -0.3 is 4.74 Å². The molecule has 0 saturated carbocycles. The zero-order valence-electron chi connectivity index (χ0n) is 15.1. The predicted octanol–water partition coefficient (Wildman–Crippen LogP) is 3.51. The molecular formula is C18H28N2O3S. The third-order valence-corrected chi connectivity index (χ3v) is 3.95. The molecule has 5 nitrogen and oxygen atoms in total. The minimum absolute atomic E-state index is 0.00226. The number of imide groups is 1. The van der Waals surface area contributed by atoms with E-state index in [0.29, 0.717) is 6.42 Å². The molecule has 134 valence electrons. The summed E-state index contributed by atoms with van der Waals surface area (Å²) in [4.78, 5) is 24.2. The Bertz CT molecular complexity index is 529. The van der Waals surface area contributed by atoms with Gasteiger partial charge in [-0.1, -0.05) is 30.3 Å². The van der Waals surface area contributed by atoms with Gasteiger partial charge in [0, 0.05) is 6.04 Å². The van der Waals surface area contributed by atoms with Crippen LogP contribution in [0.15, 0.2) is 30.3 Å². The molecule has 0 bridgehead atoms. The number of ether oxygens (including phenoxy) is 1. The maximum Gasteiger partial charge on any atom is 0.414 e. The second kappa shape index (κ2) is 9.69. The molecule has 2 atom stereocenters. The van der Waals surface area contributed by atoms with Crippen LogP contribution in [0.5, 0.6) is 0 Å². The van der Waals surface area contributed by atoms with Gasteiger partial charge in [0.2, 0.25) is 5.91 Å². The van der Waals surface area contributed by atoms with Gasteiger partial charge in [-0.15, -0.1) is 0 Å². The van der Waals surface area contributed by atoms with Gasteiger partial charge in [-0.2, -0.15) is 11.8 Å². The maximum atomic E-state index is 12.4. The van der Waals surface area contributed by atoms with E-state index in [0.717, 1.165) is 11.3 Å². The summed E-state index contributed by atoms with van der Waals surface area (Å²) in [6, 6.07) is 9.44. The Morgan fingerprint density at radius 2 is 1.83 bits per heavy atom. The number of thioether (sulfide) groups is 1. The molecule has 0 unspecified atom stereocenters. The lowest BCUT2D eigenvalue weighted by Gasteiger charge is -2.24. The van der Waals surface area contributed by atoms with Gasteiger partial charge in [-0.3, -0.25) is 15.4 Å². The van der Waals surface area contributed by atoms with Crippen molar-refractivity contribution < 1.29 is 14.3 Å². The minimum atomic E-state index is -0.712. The molecule has 0 aliphatic heterocycles. The SMILES string of the molecule is CSCC[C@H](N[C@H](C)c1ccccc1)C(=O)NC(=O)OC(C)(C)C. The van der Waals surface area contributed by atoms with Gasteiger partial charge in [0.1, 0.15) is 5.60 Å². The number of nitrogens with one attached hydrogen (secondary N) is 2. The number of amides is 2. The summed E-state index contributed by atoms with van der Waals surface area (Å²) in [5.41, 5.74) is 0.459. The number of rotatable bonds is 7. The molecule has 1 rings (SSSR count). The quantitative estimate of drug-likeness (QED) is 0.786. The molecule has 24 heavy (non-hydrogen) atoms. The zero-order chi connectivity index (χ0) is 18.2. The maximum absolute atomic E-state index is 12.4. The van der Waals surface area contributed by atoms with Gasteiger partial charge in [0.25, 0.3) is 0 Å². The van der Waals surface area contributed by atoms with Crippen molar-refractivity contribution in [2.45, 2.75) is 51.8 Å². The number of hydrogen-bond donors (Lipinski definition) is 2. The van der Waals surface area contributed by atoms with Crippen LogP contribution < -0.4 is 10.6 Å². The van der Waals surface area contributed by atoms with Crippen LogP contribution >= 0.6 is 11.8 Å². The highest BCUT2D eigenvalue weighted by atomic mass is 32.2. The summed E-state index contributed by atoms with van der Waals surface area (Å²) in [5.74, 6) is 0.460. The Labute approximate surface area is 148 Å². The zero-order valence-corrected chi connectivity index (χ0v) is 15.9.